The van der Waals surface area contributed by atoms with Crippen LogP contribution in [0.4, 0.5) is 4.39 Å². The molecule has 1 aromatic carbocycles. The summed E-state index contributed by atoms with van der Waals surface area (Å²) >= 11 is 0. The lowest BCUT2D eigenvalue weighted by Gasteiger charge is -2.46. The number of halogens is 1. The van der Waals surface area contributed by atoms with Crippen LogP contribution in [0.2, 0.25) is 0 Å². The Hall–Kier alpha value is -2.21. The Labute approximate surface area is 140 Å². The maximum Gasteiger partial charge on any atom is 0.218 e. The zero-order chi connectivity index (χ0) is 17.4. The summed E-state index contributed by atoms with van der Waals surface area (Å²) in [7, 11) is 0. The van der Waals surface area contributed by atoms with Gasteiger partial charge in [-0.3, -0.25) is 14.6 Å². The molecule has 0 amide bonds. The fraction of sp³-hybridized carbons (Fsp3) is 0.444. The minimum absolute atomic E-state index is 0.110. The normalized spacial score (nSPS) is 25.2. The summed E-state index contributed by atoms with van der Waals surface area (Å²) in [6, 6.07) is 5.60. The monoisotopic (exact) mass is 332 g/mol. The van der Waals surface area contributed by atoms with Crippen molar-refractivity contribution in [2.24, 2.45) is 5.92 Å². The zero-order valence-corrected chi connectivity index (χ0v) is 13.8. The molecule has 2 unspecified atom stereocenters. The fourth-order valence-corrected chi connectivity index (χ4v) is 3.54. The molecular formula is C18H21FN2O3. The van der Waals surface area contributed by atoms with Crippen molar-refractivity contribution in [1.82, 2.24) is 10.0 Å². The number of rotatable bonds is 3. The molecule has 0 saturated carbocycles. The number of piperidine rings is 1. The molecule has 6 heteroatoms. The van der Waals surface area contributed by atoms with E-state index in [1.807, 2.05) is 11.9 Å². The first-order chi connectivity index (χ1) is 11.4. The van der Waals surface area contributed by atoms with E-state index in [1.54, 1.807) is 24.1 Å². The van der Waals surface area contributed by atoms with Gasteiger partial charge in [-0.2, -0.15) is 0 Å². The Balaban J connectivity index is 1.88. The molecule has 24 heavy (non-hydrogen) atoms. The van der Waals surface area contributed by atoms with E-state index in [0.29, 0.717) is 25.9 Å². The maximum absolute atomic E-state index is 13.0. The van der Waals surface area contributed by atoms with Crippen molar-refractivity contribution in [1.29, 1.82) is 0 Å². The van der Waals surface area contributed by atoms with Crippen LogP contribution in [-0.4, -0.2) is 45.8 Å². The summed E-state index contributed by atoms with van der Waals surface area (Å²) in [6.45, 7) is 4.80. The Morgan fingerprint density at radius 1 is 1.21 bits per heavy atom. The fourth-order valence-electron chi connectivity index (χ4n) is 3.54. The lowest BCUT2D eigenvalue weighted by molar-refractivity contribution is -0.145. The third kappa shape index (κ3) is 2.71. The number of hydrogen-bond acceptors (Lipinski definition) is 5. The molecule has 5 nitrogen and oxygen atoms in total. The number of nitrogens with zero attached hydrogens (tertiary/aromatic N) is 2. The molecule has 1 fully saturated rings. The molecule has 1 saturated heterocycles. The largest absolute Gasteiger partial charge is 0.503 e. The summed E-state index contributed by atoms with van der Waals surface area (Å²) in [6.07, 6.45) is 1.10. The van der Waals surface area contributed by atoms with Crippen molar-refractivity contribution < 1.29 is 19.1 Å². The number of benzene rings is 1. The van der Waals surface area contributed by atoms with Crippen molar-refractivity contribution in [3.05, 3.63) is 47.1 Å². The van der Waals surface area contributed by atoms with Crippen LogP contribution in [-0.2, 0) is 16.0 Å². The topological polar surface area (TPSA) is 60.9 Å². The van der Waals surface area contributed by atoms with Crippen molar-refractivity contribution in [3.8, 4) is 0 Å². The molecule has 2 heterocycles. The number of carbonyl (C=O) groups excluding carboxylic acids is 2. The molecule has 2 aliphatic heterocycles. The van der Waals surface area contributed by atoms with Crippen LogP contribution in [0.5, 0.6) is 0 Å². The van der Waals surface area contributed by atoms with E-state index in [-0.39, 0.29) is 23.2 Å². The Kier molecular flexibility index (Phi) is 4.41. The Bertz CT molecular complexity index is 699. The second-order valence-electron chi connectivity index (χ2n) is 6.30. The van der Waals surface area contributed by atoms with Gasteiger partial charge in [0, 0.05) is 19.0 Å². The van der Waals surface area contributed by atoms with E-state index in [1.165, 1.54) is 12.1 Å². The van der Waals surface area contributed by atoms with Gasteiger partial charge in [-0.25, -0.2) is 9.40 Å². The minimum Gasteiger partial charge on any atom is -0.503 e. The molecule has 3 rings (SSSR count). The molecule has 2 aliphatic rings. The highest BCUT2D eigenvalue weighted by Gasteiger charge is 2.44. The van der Waals surface area contributed by atoms with E-state index >= 15 is 0 Å². The SMILES string of the molecule is CCN1C(C)C(=O)C(O)=C2C(=O)C(Cc3ccc(F)cc3)CCN21. The van der Waals surface area contributed by atoms with Crippen LogP contribution in [0.3, 0.4) is 0 Å². The number of carbonyl (C=O) groups is 2. The molecule has 1 aromatic rings. The van der Waals surface area contributed by atoms with Gasteiger partial charge >= 0.3 is 0 Å². The average Bonchev–Trinajstić information content (AvgIpc) is 2.57. The van der Waals surface area contributed by atoms with E-state index in [2.05, 4.69) is 0 Å². The maximum atomic E-state index is 13.0. The molecule has 0 radical (unpaired) electrons. The number of likely N-dealkylation sites (N-methyl/N-ethyl adjacent to an activating group) is 1. The Morgan fingerprint density at radius 2 is 1.88 bits per heavy atom. The molecule has 0 bridgehead atoms. The van der Waals surface area contributed by atoms with Gasteiger partial charge < -0.3 is 5.11 Å². The van der Waals surface area contributed by atoms with Crippen molar-refractivity contribution in [3.63, 3.8) is 0 Å². The highest BCUT2D eigenvalue weighted by molar-refractivity contribution is 6.08. The molecule has 1 N–H and O–H groups in total. The predicted octanol–water partition coefficient (Wildman–Crippen LogP) is 2.24. The number of fused-ring (bicyclic) bond motifs is 1. The number of ketones is 2. The van der Waals surface area contributed by atoms with Gasteiger partial charge in [0.2, 0.25) is 5.78 Å². The van der Waals surface area contributed by atoms with Crippen molar-refractivity contribution >= 4 is 11.6 Å². The summed E-state index contributed by atoms with van der Waals surface area (Å²) in [5, 5.41) is 13.8. The van der Waals surface area contributed by atoms with Crippen LogP contribution in [0, 0.1) is 11.7 Å². The van der Waals surface area contributed by atoms with E-state index in [9.17, 15) is 19.1 Å². The Morgan fingerprint density at radius 3 is 2.50 bits per heavy atom. The summed E-state index contributed by atoms with van der Waals surface area (Å²) in [5.74, 6) is -1.70. The molecular weight excluding hydrogens is 311 g/mol. The smallest absolute Gasteiger partial charge is 0.218 e. The van der Waals surface area contributed by atoms with E-state index < -0.39 is 17.6 Å². The molecule has 2 atom stereocenters. The van der Waals surface area contributed by atoms with Crippen LogP contribution in [0.25, 0.3) is 0 Å². The average molecular weight is 332 g/mol. The van der Waals surface area contributed by atoms with Crippen LogP contribution < -0.4 is 0 Å². The first-order valence-corrected chi connectivity index (χ1v) is 8.24. The van der Waals surface area contributed by atoms with Gasteiger partial charge in [0.1, 0.15) is 11.5 Å². The summed E-state index contributed by atoms with van der Waals surface area (Å²) in [4.78, 5) is 25.1. The van der Waals surface area contributed by atoms with Gasteiger partial charge in [-0.1, -0.05) is 19.1 Å². The summed E-state index contributed by atoms with van der Waals surface area (Å²) < 4.78 is 13.0. The first-order valence-electron chi connectivity index (χ1n) is 8.24. The van der Waals surface area contributed by atoms with Crippen molar-refractivity contribution in [2.75, 3.05) is 13.1 Å². The lowest BCUT2D eigenvalue weighted by atomic mass is 9.86. The molecule has 0 spiro atoms. The van der Waals surface area contributed by atoms with Gasteiger partial charge in [0.15, 0.2) is 11.5 Å². The minimum atomic E-state index is -0.472. The number of aliphatic hydroxyl groups excluding tert-OH is 1. The van der Waals surface area contributed by atoms with Gasteiger partial charge in [0.25, 0.3) is 0 Å². The number of hydrogen-bond donors (Lipinski definition) is 1. The molecule has 0 aliphatic carbocycles. The third-order valence-electron chi connectivity index (χ3n) is 4.87. The van der Waals surface area contributed by atoms with E-state index in [4.69, 9.17) is 0 Å². The zero-order valence-electron chi connectivity index (χ0n) is 13.8. The van der Waals surface area contributed by atoms with Crippen LogP contribution in [0.1, 0.15) is 25.8 Å². The quantitative estimate of drug-likeness (QED) is 0.920. The highest BCUT2D eigenvalue weighted by atomic mass is 19.1. The molecule has 0 aromatic heterocycles. The van der Waals surface area contributed by atoms with E-state index in [0.717, 1.165) is 5.56 Å². The van der Waals surface area contributed by atoms with Gasteiger partial charge in [-0.05, 0) is 37.5 Å². The van der Waals surface area contributed by atoms with Crippen LogP contribution in [0.15, 0.2) is 35.7 Å². The predicted molar refractivity (Wildman–Crippen MR) is 86.4 cm³/mol. The second-order valence-corrected chi connectivity index (χ2v) is 6.30. The first kappa shape index (κ1) is 16.6. The number of aliphatic hydroxyl groups is 1. The highest BCUT2D eigenvalue weighted by Crippen LogP contribution is 2.33. The number of allylic oxidation sites excluding steroid dienone is 1. The van der Waals surface area contributed by atoms with Gasteiger partial charge in [-0.15, -0.1) is 0 Å². The van der Waals surface area contributed by atoms with Crippen molar-refractivity contribution in [2.45, 2.75) is 32.7 Å². The third-order valence-corrected chi connectivity index (χ3v) is 4.87. The molecule has 128 valence electrons. The lowest BCUT2D eigenvalue weighted by Crippen LogP contribution is -2.59. The second kappa shape index (κ2) is 6.36. The number of hydrazine groups is 1. The number of Topliss-reactive ketones (excluding diaryl/α,β-unsaturated/α-hetero) is 2. The van der Waals surface area contributed by atoms with Crippen LogP contribution >= 0.6 is 0 Å². The standard InChI is InChI=1S/C18H21FN2O3/c1-3-20-11(2)16(22)18(24)15-17(23)13(8-9-21(15)20)10-12-4-6-14(19)7-5-12/h4-7,11,13,24H,3,8-10H2,1-2H3. The van der Waals surface area contributed by atoms with Gasteiger partial charge in [0.05, 0.1) is 6.04 Å². The summed E-state index contributed by atoms with van der Waals surface area (Å²) in [5.41, 5.74) is 0.976.